The lowest BCUT2D eigenvalue weighted by Crippen LogP contribution is -2.46. The third-order valence-electron chi connectivity index (χ3n) is 3.82. The minimum Gasteiger partial charge on any atom is -0.481 e. The highest BCUT2D eigenvalue weighted by atomic mass is 16.6. The standard InChI is InChI=1S/C14H23NO5/c1-14(2,3)20-13(18)15-5-4-10-9(7-15)8-19-11(10)6-12(16)17/h9-11H,4-8H2,1-3H3,(H,16,17). The fraction of sp³-hybridized carbons (Fsp3) is 0.857. The number of aliphatic carboxylic acids is 1. The molecule has 0 bridgehead atoms. The second kappa shape index (κ2) is 5.60. The van der Waals surface area contributed by atoms with Crippen molar-refractivity contribution in [1.29, 1.82) is 0 Å². The Morgan fingerprint density at radius 1 is 1.40 bits per heavy atom. The minimum absolute atomic E-state index is 0.0492. The molecule has 3 unspecified atom stereocenters. The molecule has 1 N–H and O–H groups in total. The Balaban J connectivity index is 1.90. The van der Waals surface area contributed by atoms with Crippen molar-refractivity contribution in [3.63, 3.8) is 0 Å². The normalized spacial score (nSPS) is 29.9. The third-order valence-corrected chi connectivity index (χ3v) is 3.82. The van der Waals surface area contributed by atoms with Crippen LogP contribution in [0, 0.1) is 11.8 Å². The molecule has 2 fully saturated rings. The van der Waals surface area contributed by atoms with Gasteiger partial charge in [0.1, 0.15) is 5.60 Å². The maximum atomic E-state index is 12.0. The number of rotatable bonds is 2. The summed E-state index contributed by atoms with van der Waals surface area (Å²) in [6.07, 6.45) is 0.325. The fourth-order valence-corrected chi connectivity index (χ4v) is 2.96. The molecule has 0 radical (unpaired) electrons. The van der Waals surface area contributed by atoms with Crippen molar-refractivity contribution in [1.82, 2.24) is 4.90 Å². The summed E-state index contributed by atoms with van der Waals surface area (Å²) in [7, 11) is 0. The summed E-state index contributed by atoms with van der Waals surface area (Å²) < 4.78 is 10.9. The second-order valence-electron chi connectivity index (χ2n) is 6.61. The van der Waals surface area contributed by atoms with Gasteiger partial charge >= 0.3 is 12.1 Å². The van der Waals surface area contributed by atoms with Gasteiger partial charge in [-0.1, -0.05) is 0 Å². The quantitative estimate of drug-likeness (QED) is 0.836. The molecule has 0 aromatic heterocycles. The van der Waals surface area contributed by atoms with Crippen LogP contribution in [-0.2, 0) is 14.3 Å². The highest BCUT2D eigenvalue weighted by molar-refractivity contribution is 5.68. The summed E-state index contributed by atoms with van der Waals surface area (Å²) >= 11 is 0. The van der Waals surface area contributed by atoms with Crippen molar-refractivity contribution in [2.45, 2.75) is 45.3 Å². The van der Waals surface area contributed by atoms with Crippen LogP contribution in [0.1, 0.15) is 33.6 Å². The summed E-state index contributed by atoms with van der Waals surface area (Å²) in [4.78, 5) is 24.5. The number of hydrogen-bond acceptors (Lipinski definition) is 4. The number of ether oxygens (including phenoxy) is 2. The van der Waals surface area contributed by atoms with Crippen LogP contribution >= 0.6 is 0 Å². The molecule has 3 atom stereocenters. The Hall–Kier alpha value is -1.30. The molecule has 114 valence electrons. The van der Waals surface area contributed by atoms with Crippen molar-refractivity contribution in [2.24, 2.45) is 11.8 Å². The number of carboxylic acid groups (broad SMARTS) is 1. The third kappa shape index (κ3) is 3.62. The first-order valence-electron chi connectivity index (χ1n) is 7.07. The summed E-state index contributed by atoms with van der Waals surface area (Å²) in [6.45, 7) is 7.27. The Kier molecular flexibility index (Phi) is 4.22. The highest BCUT2D eigenvalue weighted by Gasteiger charge is 2.43. The molecule has 2 aliphatic heterocycles. The Morgan fingerprint density at radius 3 is 2.70 bits per heavy atom. The first-order valence-corrected chi connectivity index (χ1v) is 7.07. The SMILES string of the molecule is CC(C)(C)OC(=O)N1CCC2C(COC2CC(=O)O)C1. The van der Waals surface area contributed by atoms with Gasteiger partial charge < -0.3 is 19.5 Å². The fourth-order valence-electron chi connectivity index (χ4n) is 2.96. The van der Waals surface area contributed by atoms with E-state index in [0.29, 0.717) is 19.7 Å². The van der Waals surface area contributed by atoms with E-state index in [1.165, 1.54) is 0 Å². The molecule has 0 aromatic carbocycles. The predicted octanol–water partition coefficient (Wildman–Crippen LogP) is 1.73. The topological polar surface area (TPSA) is 76.1 Å². The lowest BCUT2D eigenvalue weighted by Gasteiger charge is -2.36. The lowest BCUT2D eigenvalue weighted by atomic mass is 9.83. The van der Waals surface area contributed by atoms with Gasteiger partial charge in [-0.05, 0) is 33.1 Å². The van der Waals surface area contributed by atoms with Crippen LogP contribution < -0.4 is 0 Å². The van der Waals surface area contributed by atoms with E-state index in [-0.39, 0.29) is 30.5 Å². The second-order valence-corrected chi connectivity index (χ2v) is 6.61. The average molecular weight is 285 g/mol. The molecular formula is C14H23NO5. The molecule has 1 amide bonds. The molecule has 2 heterocycles. The molecule has 2 aliphatic rings. The van der Waals surface area contributed by atoms with E-state index >= 15 is 0 Å². The van der Waals surface area contributed by atoms with Gasteiger partial charge in [0.05, 0.1) is 19.1 Å². The van der Waals surface area contributed by atoms with Crippen molar-refractivity contribution in [3.05, 3.63) is 0 Å². The zero-order chi connectivity index (χ0) is 14.9. The summed E-state index contributed by atoms with van der Waals surface area (Å²) in [5.74, 6) is -0.365. The minimum atomic E-state index is -0.828. The van der Waals surface area contributed by atoms with E-state index in [4.69, 9.17) is 14.6 Å². The van der Waals surface area contributed by atoms with E-state index in [1.54, 1.807) is 4.90 Å². The first kappa shape index (κ1) is 15.1. The van der Waals surface area contributed by atoms with E-state index < -0.39 is 11.6 Å². The highest BCUT2D eigenvalue weighted by Crippen LogP contribution is 2.36. The largest absolute Gasteiger partial charge is 0.481 e. The molecule has 2 rings (SSSR count). The molecule has 0 spiro atoms. The maximum Gasteiger partial charge on any atom is 0.410 e. The van der Waals surface area contributed by atoms with Gasteiger partial charge in [-0.2, -0.15) is 0 Å². The van der Waals surface area contributed by atoms with Crippen molar-refractivity contribution in [2.75, 3.05) is 19.7 Å². The van der Waals surface area contributed by atoms with Gasteiger partial charge in [0, 0.05) is 19.0 Å². The number of carbonyl (C=O) groups is 2. The van der Waals surface area contributed by atoms with Crippen LogP contribution in [0.4, 0.5) is 4.79 Å². The molecule has 0 aromatic rings. The number of hydrogen-bond donors (Lipinski definition) is 1. The van der Waals surface area contributed by atoms with Crippen molar-refractivity contribution in [3.8, 4) is 0 Å². The van der Waals surface area contributed by atoms with Gasteiger partial charge in [-0.25, -0.2) is 4.79 Å². The van der Waals surface area contributed by atoms with Gasteiger partial charge in [0.25, 0.3) is 0 Å². The van der Waals surface area contributed by atoms with Crippen LogP contribution in [0.3, 0.4) is 0 Å². The number of amides is 1. The molecule has 20 heavy (non-hydrogen) atoms. The average Bonchev–Trinajstić information content (AvgIpc) is 2.69. The predicted molar refractivity (Wildman–Crippen MR) is 71.4 cm³/mol. The van der Waals surface area contributed by atoms with Gasteiger partial charge in [-0.15, -0.1) is 0 Å². The van der Waals surface area contributed by atoms with Crippen molar-refractivity contribution >= 4 is 12.1 Å². The van der Waals surface area contributed by atoms with Crippen LogP contribution in [0.5, 0.6) is 0 Å². The molecule has 2 saturated heterocycles. The Morgan fingerprint density at radius 2 is 2.10 bits per heavy atom. The van der Waals surface area contributed by atoms with Crippen LogP contribution in [-0.4, -0.2) is 53.5 Å². The number of carbonyl (C=O) groups excluding carboxylic acids is 1. The first-order chi connectivity index (χ1) is 9.26. The molecule has 0 aliphatic carbocycles. The maximum absolute atomic E-state index is 12.0. The van der Waals surface area contributed by atoms with Crippen LogP contribution in [0.15, 0.2) is 0 Å². The molecular weight excluding hydrogens is 262 g/mol. The zero-order valence-corrected chi connectivity index (χ0v) is 12.3. The number of likely N-dealkylation sites (tertiary alicyclic amines) is 1. The van der Waals surface area contributed by atoms with Gasteiger partial charge in [-0.3, -0.25) is 4.79 Å². The Labute approximate surface area is 119 Å². The monoisotopic (exact) mass is 285 g/mol. The van der Waals surface area contributed by atoms with Crippen molar-refractivity contribution < 1.29 is 24.2 Å². The van der Waals surface area contributed by atoms with Crippen LogP contribution in [0.2, 0.25) is 0 Å². The van der Waals surface area contributed by atoms with Gasteiger partial charge in [0.15, 0.2) is 0 Å². The van der Waals surface area contributed by atoms with E-state index in [1.807, 2.05) is 20.8 Å². The summed E-state index contributed by atoms with van der Waals surface area (Å²) in [5, 5.41) is 8.87. The van der Waals surface area contributed by atoms with Gasteiger partial charge in [0.2, 0.25) is 0 Å². The van der Waals surface area contributed by atoms with E-state index in [0.717, 1.165) is 6.42 Å². The summed E-state index contributed by atoms with van der Waals surface area (Å²) in [6, 6.07) is 0. The smallest absolute Gasteiger partial charge is 0.410 e. The number of piperidine rings is 1. The molecule has 0 saturated carbocycles. The molecule has 6 heteroatoms. The number of fused-ring (bicyclic) bond motifs is 1. The zero-order valence-electron chi connectivity index (χ0n) is 12.3. The number of nitrogens with zero attached hydrogens (tertiary/aromatic N) is 1. The molecule has 6 nitrogen and oxygen atoms in total. The van der Waals surface area contributed by atoms with E-state index in [2.05, 4.69) is 0 Å². The van der Waals surface area contributed by atoms with E-state index in [9.17, 15) is 9.59 Å². The number of carboxylic acids is 1. The van der Waals surface area contributed by atoms with Crippen LogP contribution in [0.25, 0.3) is 0 Å². The lowest BCUT2D eigenvalue weighted by molar-refractivity contribution is -0.140. The summed E-state index contributed by atoms with van der Waals surface area (Å²) in [5.41, 5.74) is -0.494. The Bertz CT molecular complexity index is 390.